The molecule has 0 amide bonds. The fraction of sp³-hybridized carbons (Fsp3) is 0.500. The summed E-state index contributed by atoms with van der Waals surface area (Å²) in [6.45, 7) is 10.6. The number of likely N-dealkylation sites (N-methyl/N-ethyl adjacent to an activating group) is 2. The van der Waals surface area contributed by atoms with Crippen molar-refractivity contribution >= 4 is 18.1 Å². The number of carbonyl (C=O) groups is 1. The molecule has 0 saturated carbocycles. The largest absolute Gasteiger partial charge is 0.477 e. The molecule has 0 aliphatic heterocycles. The molecule has 0 radical (unpaired) electrons. The molecule has 0 spiro atoms. The van der Waals surface area contributed by atoms with Crippen LogP contribution in [0.2, 0.25) is 0 Å². The zero-order valence-corrected chi connectivity index (χ0v) is 17.0. The molecule has 1 aromatic heterocycles. The zero-order valence-electron chi connectivity index (χ0n) is 17.0. The molecule has 0 aliphatic rings. The van der Waals surface area contributed by atoms with Gasteiger partial charge in [-0.2, -0.15) is 0 Å². The van der Waals surface area contributed by atoms with E-state index in [1.54, 1.807) is 23.6 Å². The minimum Gasteiger partial charge on any atom is -0.477 e. The van der Waals surface area contributed by atoms with Crippen molar-refractivity contribution < 1.29 is 14.3 Å². The van der Waals surface area contributed by atoms with E-state index in [2.05, 4.69) is 5.32 Å². The predicted molar refractivity (Wildman–Crippen MR) is 107 cm³/mol. The van der Waals surface area contributed by atoms with Crippen LogP contribution in [0, 0.1) is 0 Å². The SMILES string of the molecule is C/C=c1/c(=O)c(C(=O)O)cn(C(C)C)/c1=C/C(=C(\C)F)N(CC)CCNC. The van der Waals surface area contributed by atoms with Gasteiger partial charge in [-0.1, -0.05) is 6.08 Å². The summed E-state index contributed by atoms with van der Waals surface area (Å²) in [4.78, 5) is 26.0. The van der Waals surface area contributed by atoms with Crippen LogP contribution in [0.5, 0.6) is 0 Å². The van der Waals surface area contributed by atoms with Crippen LogP contribution in [-0.2, 0) is 0 Å². The van der Waals surface area contributed by atoms with E-state index in [4.69, 9.17) is 0 Å². The normalized spacial score (nSPS) is 13.9. The van der Waals surface area contributed by atoms with Gasteiger partial charge < -0.3 is 19.9 Å². The first kappa shape index (κ1) is 22.6. The van der Waals surface area contributed by atoms with Crippen molar-refractivity contribution in [3.63, 3.8) is 0 Å². The summed E-state index contributed by atoms with van der Waals surface area (Å²) in [6.07, 6.45) is 4.55. The first-order valence-electron chi connectivity index (χ1n) is 9.11. The van der Waals surface area contributed by atoms with Crippen molar-refractivity contribution in [3.05, 3.63) is 44.1 Å². The smallest absolute Gasteiger partial charge is 0.341 e. The number of aromatic carboxylic acids is 1. The van der Waals surface area contributed by atoms with E-state index in [-0.39, 0.29) is 22.7 Å². The lowest BCUT2D eigenvalue weighted by molar-refractivity contribution is 0.0694. The predicted octanol–water partition coefficient (Wildman–Crippen LogP) is 1.45. The Morgan fingerprint density at radius 2 is 2.07 bits per heavy atom. The molecule has 0 atom stereocenters. The highest BCUT2D eigenvalue weighted by atomic mass is 19.1. The molecule has 1 rings (SSSR count). The monoisotopic (exact) mass is 379 g/mol. The summed E-state index contributed by atoms with van der Waals surface area (Å²) in [7, 11) is 1.83. The quantitative estimate of drug-likeness (QED) is 0.715. The van der Waals surface area contributed by atoms with Crippen molar-refractivity contribution in [3.8, 4) is 0 Å². The molecular formula is C20H30FN3O3. The zero-order chi connectivity index (χ0) is 20.7. The van der Waals surface area contributed by atoms with E-state index in [1.165, 1.54) is 13.1 Å². The molecular weight excluding hydrogens is 349 g/mol. The number of carboxylic acid groups (broad SMARTS) is 1. The summed E-state index contributed by atoms with van der Waals surface area (Å²) in [5.74, 6) is -1.63. The van der Waals surface area contributed by atoms with Crippen LogP contribution in [0.3, 0.4) is 0 Å². The molecule has 0 bridgehead atoms. The van der Waals surface area contributed by atoms with Gasteiger partial charge in [0.2, 0.25) is 5.43 Å². The van der Waals surface area contributed by atoms with Crippen molar-refractivity contribution in [1.82, 2.24) is 14.8 Å². The van der Waals surface area contributed by atoms with Gasteiger partial charge in [0.25, 0.3) is 0 Å². The third kappa shape index (κ3) is 5.29. The first-order valence-corrected chi connectivity index (χ1v) is 9.11. The fourth-order valence-corrected chi connectivity index (χ4v) is 2.91. The number of carboxylic acids is 1. The molecule has 0 saturated heterocycles. The molecule has 0 aromatic carbocycles. The van der Waals surface area contributed by atoms with Crippen molar-refractivity contribution in [1.29, 1.82) is 0 Å². The van der Waals surface area contributed by atoms with Gasteiger partial charge in [0.05, 0.1) is 11.0 Å². The summed E-state index contributed by atoms with van der Waals surface area (Å²) < 4.78 is 16.1. The Hall–Kier alpha value is -2.41. The maximum atomic E-state index is 14.4. The number of halogens is 1. The molecule has 0 aliphatic carbocycles. The van der Waals surface area contributed by atoms with Gasteiger partial charge in [0.15, 0.2) is 0 Å². The number of allylic oxidation sites excluding steroid dienone is 2. The van der Waals surface area contributed by atoms with Gasteiger partial charge in [0.1, 0.15) is 11.4 Å². The number of rotatable bonds is 8. The number of nitrogens with one attached hydrogen (secondary N) is 1. The molecule has 1 heterocycles. The number of aromatic nitrogens is 1. The summed E-state index contributed by atoms with van der Waals surface area (Å²) in [5, 5.41) is 13.2. The lowest BCUT2D eigenvalue weighted by atomic mass is 10.1. The third-order valence-corrected chi connectivity index (χ3v) is 4.37. The van der Waals surface area contributed by atoms with Gasteiger partial charge in [0, 0.05) is 37.1 Å². The Morgan fingerprint density at radius 3 is 2.48 bits per heavy atom. The van der Waals surface area contributed by atoms with Crippen molar-refractivity contribution in [2.45, 2.75) is 40.7 Å². The van der Waals surface area contributed by atoms with Crippen LogP contribution < -0.4 is 21.3 Å². The van der Waals surface area contributed by atoms with Crippen LogP contribution in [0.15, 0.2) is 22.5 Å². The molecule has 0 unspecified atom stereocenters. The lowest BCUT2D eigenvalue weighted by Gasteiger charge is -2.25. The molecule has 27 heavy (non-hydrogen) atoms. The summed E-state index contributed by atoms with van der Waals surface area (Å²) >= 11 is 0. The molecule has 2 N–H and O–H groups in total. The molecule has 150 valence electrons. The van der Waals surface area contributed by atoms with Crippen LogP contribution in [0.4, 0.5) is 4.39 Å². The number of hydrogen-bond donors (Lipinski definition) is 2. The van der Waals surface area contributed by atoms with Gasteiger partial charge >= 0.3 is 5.97 Å². The summed E-state index contributed by atoms with van der Waals surface area (Å²) in [6, 6.07) is -0.109. The number of hydrogen-bond acceptors (Lipinski definition) is 4. The number of pyridine rings is 1. The van der Waals surface area contributed by atoms with E-state index < -0.39 is 11.4 Å². The molecule has 6 nitrogen and oxygen atoms in total. The van der Waals surface area contributed by atoms with Crippen LogP contribution >= 0.6 is 0 Å². The second-order valence-corrected chi connectivity index (χ2v) is 6.51. The average Bonchev–Trinajstić information content (AvgIpc) is 2.60. The number of nitrogens with zero attached hydrogens (tertiary/aromatic N) is 2. The Bertz CT molecular complexity index is 881. The standard InChI is InChI=1S/C20H30FN3O3/c1-7-15-18(11-17(14(5)21)23(8-2)10-9-22-6)24(13(3)4)12-16(19(15)25)20(26)27/h7,11-13,22H,8-10H2,1-6H3,(H,26,27)/b15-7+,17-14-,18-11+. The Balaban J connectivity index is 3.91. The van der Waals surface area contributed by atoms with E-state index in [9.17, 15) is 19.1 Å². The Kier molecular flexibility index (Phi) is 8.43. The Morgan fingerprint density at radius 1 is 1.44 bits per heavy atom. The topological polar surface area (TPSA) is 74.6 Å². The maximum Gasteiger partial charge on any atom is 0.341 e. The first-order chi connectivity index (χ1) is 12.7. The highest BCUT2D eigenvalue weighted by Gasteiger charge is 2.15. The van der Waals surface area contributed by atoms with Gasteiger partial charge in [-0.25, -0.2) is 9.18 Å². The fourth-order valence-electron chi connectivity index (χ4n) is 2.91. The van der Waals surface area contributed by atoms with Crippen molar-refractivity contribution in [2.75, 3.05) is 26.7 Å². The lowest BCUT2D eigenvalue weighted by Crippen LogP contribution is -2.48. The van der Waals surface area contributed by atoms with Gasteiger partial charge in [-0.05, 0) is 47.7 Å². The second kappa shape index (κ2) is 10.1. The molecule has 0 fully saturated rings. The van der Waals surface area contributed by atoms with E-state index in [0.29, 0.717) is 30.7 Å². The van der Waals surface area contributed by atoms with Crippen LogP contribution in [0.25, 0.3) is 12.2 Å². The average molecular weight is 379 g/mol. The van der Waals surface area contributed by atoms with E-state index >= 15 is 0 Å². The van der Waals surface area contributed by atoms with Gasteiger partial charge in [-0.15, -0.1) is 0 Å². The van der Waals surface area contributed by atoms with Crippen LogP contribution in [-0.4, -0.2) is 47.2 Å². The minimum absolute atomic E-state index is 0.109. The van der Waals surface area contributed by atoms with E-state index in [0.717, 1.165) is 0 Å². The molecule has 7 heteroatoms. The second-order valence-electron chi connectivity index (χ2n) is 6.51. The Labute approximate surface area is 159 Å². The highest BCUT2D eigenvalue weighted by Crippen LogP contribution is 2.13. The van der Waals surface area contributed by atoms with E-state index in [1.807, 2.05) is 32.7 Å². The molecule has 1 aromatic rings. The highest BCUT2D eigenvalue weighted by molar-refractivity contribution is 5.87. The minimum atomic E-state index is -1.27. The van der Waals surface area contributed by atoms with Gasteiger partial charge in [-0.3, -0.25) is 4.79 Å². The van der Waals surface area contributed by atoms with Crippen LogP contribution in [0.1, 0.15) is 51.0 Å². The third-order valence-electron chi connectivity index (χ3n) is 4.37. The maximum absolute atomic E-state index is 14.4. The van der Waals surface area contributed by atoms with Crippen molar-refractivity contribution in [2.24, 2.45) is 0 Å². The summed E-state index contributed by atoms with van der Waals surface area (Å²) in [5.41, 5.74) is -0.478.